The van der Waals surface area contributed by atoms with E-state index in [0.29, 0.717) is 0 Å². The predicted molar refractivity (Wildman–Crippen MR) is 58.6 cm³/mol. The summed E-state index contributed by atoms with van der Waals surface area (Å²) in [5.74, 6) is 0. The Balaban J connectivity index is 3.86. The normalized spacial score (nSPS) is 13.5. The van der Waals surface area contributed by atoms with Crippen molar-refractivity contribution in [2.75, 3.05) is 13.7 Å². The molecule has 0 aromatic carbocycles. The summed E-state index contributed by atoms with van der Waals surface area (Å²) in [6.07, 6.45) is 0. The fourth-order valence-corrected chi connectivity index (χ4v) is 8.96. The number of methoxy groups -OCH3 is 1. The number of ether oxygens (including phenoxy) is 1. The average Bonchev–Trinajstić information content (AvgIpc) is 1.78. The summed E-state index contributed by atoms with van der Waals surface area (Å²) >= 11 is 0. The molecule has 0 N–H and O–H groups in total. The molecule has 0 atom stereocenters. The van der Waals surface area contributed by atoms with E-state index < -0.39 is 16.6 Å². The van der Waals surface area contributed by atoms with Crippen molar-refractivity contribution < 1.29 is 8.85 Å². The Morgan fingerprint density at radius 1 is 1.00 bits per heavy atom. The molecule has 0 aliphatic heterocycles. The van der Waals surface area contributed by atoms with Crippen molar-refractivity contribution in [3.63, 3.8) is 0 Å². The Morgan fingerprint density at radius 2 is 1.50 bits per heavy atom. The molecule has 0 radical (unpaired) electrons. The Bertz CT molecular complexity index is 130. The van der Waals surface area contributed by atoms with Crippen molar-refractivity contribution >= 4 is 16.6 Å². The second-order valence-electron chi connectivity index (χ2n) is 4.72. The van der Waals surface area contributed by atoms with Crippen LogP contribution in [0.2, 0.25) is 38.8 Å². The third-order valence-electron chi connectivity index (χ3n) is 1.49. The van der Waals surface area contributed by atoms with Gasteiger partial charge >= 0.3 is 0 Å². The molecule has 0 fully saturated rings. The molecule has 2 nitrogen and oxygen atoms in total. The van der Waals surface area contributed by atoms with E-state index in [2.05, 4.69) is 32.7 Å². The lowest BCUT2D eigenvalue weighted by atomic mass is 10.9. The first-order valence-corrected chi connectivity index (χ1v) is 11.0. The Hall–Kier alpha value is 0.354. The van der Waals surface area contributed by atoms with E-state index in [1.807, 2.05) is 0 Å². The molecule has 0 spiro atoms. The smallest absolute Gasteiger partial charge is 0.175 e. The van der Waals surface area contributed by atoms with Gasteiger partial charge < -0.3 is 8.85 Å². The van der Waals surface area contributed by atoms with Crippen molar-refractivity contribution in [1.29, 1.82) is 0 Å². The maximum absolute atomic E-state index is 6.12. The van der Waals surface area contributed by atoms with Gasteiger partial charge in [-0.15, -0.1) is 0 Å². The standard InChI is InChI=1S/C8H22O2Si2/c1-9-7-8-12(5,6)10-11(2,3)4/h7-8H2,1-6H3. The average molecular weight is 206 g/mol. The van der Waals surface area contributed by atoms with Crippen LogP contribution in [0.1, 0.15) is 0 Å². The molecule has 74 valence electrons. The van der Waals surface area contributed by atoms with Crippen LogP contribution in [0.15, 0.2) is 0 Å². The molecule has 4 heteroatoms. The molecule has 0 aliphatic rings. The zero-order valence-electron chi connectivity index (χ0n) is 9.23. The number of hydrogen-bond donors (Lipinski definition) is 0. The lowest BCUT2D eigenvalue weighted by Gasteiger charge is -2.31. The van der Waals surface area contributed by atoms with E-state index >= 15 is 0 Å². The van der Waals surface area contributed by atoms with Crippen LogP contribution >= 0.6 is 0 Å². The van der Waals surface area contributed by atoms with Gasteiger partial charge in [-0.1, -0.05) is 0 Å². The van der Waals surface area contributed by atoms with Gasteiger partial charge in [-0.05, 0) is 38.8 Å². The van der Waals surface area contributed by atoms with E-state index in [1.165, 1.54) is 0 Å². The van der Waals surface area contributed by atoms with Gasteiger partial charge in [-0.25, -0.2) is 0 Å². The van der Waals surface area contributed by atoms with Gasteiger partial charge in [-0.3, -0.25) is 0 Å². The van der Waals surface area contributed by atoms with Crippen molar-refractivity contribution in [2.45, 2.75) is 38.8 Å². The summed E-state index contributed by atoms with van der Waals surface area (Å²) in [5.41, 5.74) is 0. The lowest BCUT2D eigenvalue weighted by Crippen LogP contribution is -2.42. The van der Waals surface area contributed by atoms with Crippen LogP contribution in [0, 0.1) is 0 Å². The minimum absolute atomic E-state index is 0.837. The topological polar surface area (TPSA) is 18.5 Å². The minimum atomic E-state index is -1.42. The second kappa shape index (κ2) is 4.55. The Morgan fingerprint density at radius 3 is 1.83 bits per heavy atom. The number of hydrogen-bond acceptors (Lipinski definition) is 2. The van der Waals surface area contributed by atoms with Gasteiger partial charge in [0.1, 0.15) is 0 Å². The van der Waals surface area contributed by atoms with Crippen LogP contribution in [-0.2, 0) is 8.85 Å². The SMILES string of the molecule is COCC[Si](C)(C)O[Si](C)(C)C. The van der Waals surface area contributed by atoms with Gasteiger partial charge in [0.05, 0.1) is 0 Å². The molecule has 0 unspecified atom stereocenters. The third-order valence-corrected chi connectivity index (χ3v) is 7.56. The lowest BCUT2D eigenvalue weighted by molar-refractivity contribution is 0.212. The molecule has 0 aromatic heterocycles. The van der Waals surface area contributed by atoms with Crippen LogP contribution < -0.4 is 0 Å². The first kappa shape index (κ1) is 12.4. The Kier molecular flexibility index (Phi) is 4.69. The van der Waals surface area contributed by atoms with Gasteiger partial charge in [0.25, 0.3) is 0 Å². The van der Waals surface area contributed by atoms with Crippen LogP contribution in [0.4, 0.5) is 0 Å². The highest BCUT2D eigenvalue weighted by Gasteiger charge is 2.28. The van der Waals surface area contributed by atoms with Gasteiger partial charge in [0, 0.05) is 13.7 Å². The predicted octanol–water partition coefficient (Wildman–Crippen LogP) is 2.69. The summed E-state index contributed by atoms with van der Waals surface area (Å²) in [7, 11) is -1.01. The number of rotatable bonds is 5. The molecule has 0 rings (SSSR count). The van der Waals surface area contributed by atoms with Crippen LogP contribution in [-0.4, -0.2) is 30.4 Å². The Labute approximate surface area is 78.5 Å². The maximum atomic E-state index is 6.12. The molecule has 0 saturated carbocycles. The van der Waals surface area contributed by atoms with Crippen molar-refractivity contribution in [2.24, 2.45) is 0 Å². The highest BCUT2D eigenvalue weighted by Crippen LogP contribution is 2.17. The molecule has 12 heavy (non-hydrogen) atoms. The zero-order valence-corrected chi connectivity index (χ0v) is 11.2. The quantitative estimate of drug-likeness (QED) is 0.644. The highest BCUT2D eigenvalue weighted by molar-refractivity contribution is 6.84. The molecule has 0 heterocycles. The minimum Gasteiger partial charge on any atom is -0.456 e. The third kappa shape index (κ3) is 7.03. The van der Waals surface area contributed by atoms with Crippen LogP contribution in [0.25, 0.3) is 0 Å². The molecule has 0 amide bonds. The van der Waals surface area contributed by atoms with Crippen molar-refractivity contribution in [3.05, 3.63) is 0 Å². The first-order chi connectivity index (χ1) is 5.27. The summed E-state index contributed by atoms with van der Waals surface area (Å²) in [6, 6.07) is 1.10. The van der Waals surface area contributed by atoms with E-state index in [-0.39, 0.29) is 0 Å². The first-order valence-electron chi connectivity index (χ1n) is 4.46. The van der Waals surface area contributed by atoms with Crippen molar-refractivity contribution in [3.8, 4) is 0 Å². The summed E-state index contributed by atoms with van der Waals surface area (Å²) in [5, 5.41) is 0. The van der Waals surface area contributed by atoms with Gasteiger partial charge in [0.15, 0.2) is 16.6 Å². The molecule has 0 aliphatic carbocycles. The van der Waals surface area contributed by atoms with E-state index in [0.717, 1.165) is 12.7 Å². The summed E-state index contributed by atoms with van der Waals surface area (Å²) in [4.78, 5) is 0. The van der Waals surface area contributed by atoms with E-state index in [9.17, 15) is 0 Å². The van der Waals surface area contributed by atoms with Crippen LogP contribution in [0.5, 0.6) is 0 Å². The second-order valence-corrected chi connectivity index (χ2v) is 13.8. The largest absolute Gasteiger partial charge is 0.456 e. The molecular formula is C8H22O2Si2. The molecule has 0 bridgehead atoms. The zero-order chi connectivity index (χ0) is 9.83. The fraction of sp³-hybridized carbons (Fsp3) is 1.00. The fourth-order valence-electron chi connectivity index (χ4n) is 1.23. The highest BCUT2D eigenvalue weighted by atomic mass is 28.4. The summed E-state index contributed by atoms with van der Waals surface area (Å²) in [6.45, 7) is 12.1. The van der Waals surface area contributed by atoms with Crippen molar-refractivity contribution in [1.82, 2.24) is 0 Å². The monoisotopic (exact) mass is 206 g/mol. The van der Waals surface area contributed by atoms with Gasteiger partial charge in [-0.2, -0.15) is 0 Å². The molecule has 0 saturated heterocycles. The van der Waals surface area contributed by atoms with E-state index in [1.54, 1.807) is 7.11 Å². The van der Waals surface area contributed by atoms with Gasteiger partial charge in [0.2, 0.25) is 0 Å². The molecular weight excluding hydrogens is 184 g/mol. The maximum Gasteiger partial charge on any atom is 0.175 e. The summed E-state index contributed by atoms with van der Waals surface area (Å²) < 4.78 is 11.2. The van der Waals surface area contributed by atoms with E-state index in [4.69, 9.17) is 8.85 Å². The molecule has 0 aromatic rings. The van der Waals surface area contributed by atoms with Crippen LogP contribution in [0.3, 0.4) is 0 Å².